The highest BCUT2D eigenvalue weighted by Crippen LogP contribution is 2.17. The van der Waals surface area contributed by atoms with Crippen LogP contribution in [0.2, 0.25) is 0 Å². The maximum atomic E-state index is 5.07. The molecule has 1 heterocycles. The molecule has 0 aromatic heterocycles. The molecular formula is C14H20N2O. The lowest BCUT2D eigenvalue weighted by molar-refractivity contribution is 0.185. The largest absolute Gasteiger partial charge is 0.382 e. The molecule has 1 aliphatic rings. The fourth-order valence-electron chi connectivity index (χ4n) is 2.11. The van der Waals surface area contributed by atoms with Crippen LogP contribution >= 0.6 is 0 Å². The van der Waals surface area contributed by atoms with E-state index in [2.05, 4.69) is 41.1 Å². The summed E-state index contributed by atoms with van der Waals surface area (Å²) < 4.78 is 5.07. The molecular weight excluding hydrogens is 212 g/mol. The predicted octanol–water partition coefficient (Wildman–Crippen LogP) is 2.11. The fraction of sp³-hybridized carbons (Fsp3) is 0.500. The number of ether oxygens (including phenoxy) is 1. The molecule has 1 aliphatic heterocycles. The lowest BCUT2D eigenvalue weighted by Crippen LogP contribution is -2.29. The summed E-state index contributed by atoms with van der Waals surface area (Å²) in [7, 11) is 1.71. The van der Waals surface area contributed by atoms with Crippen molar-refractivity contribution in [3.8, 4) is 0 Å². The Morgan fingerprint density at radius 1 is 1.41 bits per heavy atom. The topological polar surface area (TPSA) is 24.8 Å². The minimum absolute atomic E-state index is 0.233. The number of methoxy groups -OCH3 is 1. The van der Waals surface area contributed by atoms with Gasteiger partial charge < -0.3 is 9.64 Å². The molecule has 0 saturated carbocycles. The minimum Gasteiger partial charge on any atom is -0.382 e. The Hall–Kier alpha value is -1.35. The Labute approximate surface area is 103 Å². The van der Waals surface area contributed by atoms with Gasteiger partial charge in [0.15, 0.2) is 0 Å². The first kappa shape index (κ1) is 12.1. The summed E-state index contributed by atoms with van der Waals surface area (Å²) in [5.41, 5.74) is 2.90. The summed E-state index contributed by atoms with van der Waals surface area (Å²) in [5.74, 6) is 0. The Bertz CT molecular complexity index is 390. The SMILES string of the molecule is COC[C@H](C)N=CN1CCc2ccccc2C1. The van der Waals surface area contributed by atoms with E-state index in [4.69, 9.17) is 4.74 Å². The Kier molecular flexibility index (Phi) is 4.15. The predicted molar refractivity (Wildman–Crippen MR) is 70.4 cm³/mol. The van der Waals surface area contributed by atoms with Crippen molar-refractivity contribution >= 4 is 6.34 Å². The Morgan fingerprint density at radius 3 is 2.94 bits per heavy atom. The van der Waals surface area contributed by atoms with Crippen molar-refractivity contribution in [2.45, 2.75) is 25.9 Å². The molecule has 1 atom stereocenters. The van der Waals surface area contributed by atoms with Crippen LogP contribution in [0.1, 0.15) is 18.1 Å². The zero-order chi connectivity index (χ0) is 12.1. The normalized spacial score (nSPS) is 17.2. The van der Waals surface area contributed by atoms with Gasteiger partial charge >= 0.3 is 0 Å². The molecule has 1 aromatic rings. The third-order valence-corrected chi connectivity index (χ3v) is 3.05. The number of hydrogen-bond donors (Lipinski definition) is 0. The van der Waals surface area contributed by atoms with Gasteiger partial charge in [0.1, 0.15) is 0 Å². The first-order valence-corrected chi connectivity index (χ1v) is 6.12. The summed E-state index contributed by atoms with van der Waals surface area (Å²) in [6.07, 6.45) is 3.08. The van der Waals surface area contributed by atoms with Gasteiger partial charge in [0.25, 0.3) is 0 Å². The fourth-order valence-corrected chi connectivity index (χ4v) is 2.11. The zero-order valence-electron chi connectivity index (χ0n) is 10.6. The molecule has 0 saturated heterocycles. The molecule has 3 nitrogen and oxygen atoms in total. The molecule has 0 bridgehead atoms. The standard InChI is InChI=1S/C14H20N2O/c1-12(10-17-2)15-11-16-8-7-13-5-3-4-6-14(13)9-16/h3-6,11-12H,7-10H2,1-2H3/t12-/m0/s1. The van der Waals surface area contributed by atoms with Gasteiger partial charge in [0.2, 0.25) is 0 Å². The van der Waals surface area contributed by atoms with E-state index in [9.17, 15) is 0 Å². The molecule has 0 spiro atoms. The molecule has 3 heteroatoms. The summed E-state index contributed by atoms with van der Waals surface area (Å²) in [6, 6.07) is 8.87. The first-order chi connectivity index (χ1) is 8.29. The summed E-state index contributed by atoms with van der Waals surface area (Å²) >= 11 is 0. The summed E-state index contributed by atoms with van der Waals surface area (Å²) in [5, 5.41) is 0. The lowest BCUT2D eigenvalue weighted by Gasteiger charge is -2.27. The number of benzene rings is 1. The smallest absolute Gasteiger partial charge is 0.0857 e. The molecule has 2 rings (SSSR count). The highest BCUT2D eigenvalue weighted by molar-refractivity contribution is 5.56. The van der Waals surface area contributed by atoms with Crippen molar-refractivity contribution in [1.29, 1.82) is 0 Å². The van der Waals surface area contributed by atoms with Crippen molar-refractivity contribution in [3.05, 3.63) is 35.4 Å². The first-order valence-electron chi connectivity index (χ1n) is 6.12. The number of hydrogen-bond acceptors (Lipinski definition) is 2. The lowest BCUT2D eigenvalue weighted by atomic mass is 10.0. The van der Waals surface area contributed by atoms with Crippen LogP contribution in [0.15, 0.2) is 29.3 Å². The summed E-state index contributed by atoms with van der Waals surface area (Å²) in [6.45, 7) is 4.78. The van der Waals surface area contributed by atoms with Gasteiger partial charge in [0.05, 0.1) is 19.0 Å². The van der Waals surface area contributed by atoms with Crippen LogP contribution in [-0.4, -0.2) is 37.5 Å². The maximum absolute atomic E-state index is 5.07. The second-order valence-corrected chi connectivity index (χ2v) is 4.56. The number of fused-ring (bicyclic) bond motifs is 1. The van der Waals surface area contributed by atoms with Crippen LogP contribution in [0.4, 0.5) is 0 Å². The average molecular weight is 232 g/mol. The molecule has 17 heavy (non-hydrogen) atoms. The van der Waals surface area contributed by atoms with Gasteiger partial charge in [-0.1, -0.05) is 24.3 Å². The van der Waals surface area contributed by atoms with Gasteiger partial charge in [-0.15, -0.1) is 0 Å². The van der Waals surface area contributed by atoms with Crippen molar-refractivity contribution in [3.63, 3.8) is 0 Å². The molecule has 0 unspecified atom stereocenters. The van der Waals surface area contributed by atoms with Crippen molar-refractivity contribution in [1.82, 2.24) is 4.90 Å². The third kappa shape index (κ3) is 3.30. The summed E-state index contributed by atoms with van der Waals surface area (Å²) in [4.78, 5) is 6.76. The van der Waals surface area contributed by atoms with Gasteiger partial charge in [-0.3, -0.25) is 4.99 Å². The number of aliphatic imine (C=N–C) groups is 1. The number of nitrogens with zero attached hydrogens (tertiary/aromatic N) is 2. The van der Waals surface area contributed by atoms with E-state index in [0.29, 0.717) is 6.61 Å². The van der Waals surface area contributed by atoms with Crippen LogP contribution < -0.4 is 0 Å². The van der Waals surface area contributed by atoms with Gasteiger partial charge in [-0.25, -0.2) is 0 Å². The van der Waals surface area contributed by atoms with Crippen molar-refractivity contribution < 1.29 is 4.74 Å². The van der Waals surface area contributed by atoms with E-state index in [1.165, 1.54) is 11.1 Å². The number of rotatable bonds is 4. The van der Waals surface area contributed by atoms with Gasteiger partial charge in [-0.2, -0.15) is 0 Å². The molecule has 0 radical (unpaired) electrons. The van der Waals surface area contributed by atoms with Crippen LogP contribution in [0.25, 0.3) is 0 Å². The molecule has 0 amide bonds. The second kappa shape index (κ2) is 5.82. The van der Waals surface area contributed by atoms with Crippen molar-refractivity contribution in [2.75, 3.05) is 20.3 Å². The minimum atomic E-state index is 0.233. The van der Waals surface area contributed by atoms with E-state index in [0.717, 1.165) is 19.5 Å². The molecule has 92 valence electrons. The molecule has 0 N–H and O–H groups in total. The van der Waals surface area contributed by atoms with E-state index >= 15 is 0 Å². The zero-order valence-corrected chi connectivity index (χ0v) is 10.6. The van der Waals surface area contributed by atoms with E-state index in [-0.39, 0.29) is 6.04 Å². The highest BCUT2D eigenvalue weighted by atomic mass is 16.5. The van der Waals surface area contributed by atoms with Crippen molar-refractivity contribution in [2.24, 2.45) is 4.99 Å². The highest BCUT2D eigenvalue weighted by Gasteiger charge is 2.12. The second-order valence-electron chi connectivity index (χ2n) is 4.56. The average Bonchev–Trinajstić information content (AvgIpc) is 2.36. The van der Waals surface area contributed by atoms with Crippen LogP contribution in [-0.2, 0) is 17.7 Å². The quantitative estimate of drug-likeness (QED) is 0.586. The maximum Gasteiger partial charge on any atom is 0.0857 e. The van der Waals surface area contributed by atoms with Crippen LogP contribution in [0, 0.1) is 0 Å². The van der Waals surface area contributed by atoms with E-state index in [1.54, 1.807) is 7.11 Å². The van der Waals surface area contributed by atoms with Gasteiger partial charge in [0, 0.05) is 20.2 Å². The van der Waals surface area contributed by atoms with E-state index in [1.807, 2.05) is 6.34 Å². The van der Waals surface area contributed by atoms with Crippen LogP contribution in [0.5, 0.6) is 0 Å². The Balaban J connectivity index is 1.94. The van der Waals surface area contributed by atoms with Crippen LogP contribution in [0.3, 0.4) is 0 Å². The van der Waals surface area contributed by atoms with Gasteiger partial charge in [-0.05, 0) is 24.5 Å². The van der Waals surface area contributed by atoms with E-state index < -0.39 is 0 Å². The molecule has 1 aromatic carbocycles. The molecule has 0 aliphatic carbocycles. The Morgan fingerprint density at radius 2 is 2.18 bits per heavy atom. The monoisotopic (exact) mass is 232 g/mol. The molecule has 0 fully saturated rings. The third-order valence-electron chi connectivity index (χ3n) is 3.05.